The van der Waals surface area contributed by atoms with Crippen LogP contribution in [0.15, 0.2) is 48.8 Å². The molecule has 0 aliphatic carbocycles. The lowest BCUT2D eigenvalue weighted by molar-refractivity contribution is -0.158. The third-order valence-electron chi connectivity index (χ3n) is 4.83. The Kier molecular flexibility index (Phi) is 5.32. The molecule has 0 aliphatic rings. The molecule has 6 heteroatoms. The number of hydrogen-bond donors (Lipinski definition) is 2. The average Bonchev–Trinajstić information content (AvgIpc) is 2.94. The second-order valence-corrected chi connectivity index (χ2v) is 6.67. The minimum absolute atomic E-state index is 0.0333. The quantitative estimate of drug-likeness (QED) is 0.642. The number of pyridine rings is 1. The summed E-state index contributed by atoms with van der Waals surface area (Å²) in [5.41, 5.74) is 3.52. The smallest absolute Gasteiger partial charge is 0.357 e. The zero-order valence-electron chi connectivity index (χ0n) is 14.8. The number of halogens is 3. The predicted molar refractivity (Wildman–Crippen MR) is 97.0 cm³/mol. The maximum atomic E-state index is 13.5. The van der Waals surface area contributed by atoms with E-state index in [1.165, 1.54) is 0 Å². The van der Waals surface area contributed by atoms with Crippen molar-refractivity contribution >= 4 is 10.9 Å². The molecule has 3 rings (SSSR count). The van der Waals surface area contributed by atoms with Crippen LogP contribution in [0.1, 0.15) is 36.1 Å². The first-order chi connectivity index (χ1) is 12.4. The number of para-hydroxylation sites is 1. The van der Waals surface area contributed by atoms with Gasteiger partial charge in [0.15, 0.2) is 0 Å². The van der Waals surface area contributed by atoms with Crippen LogP contribution in [0.2, 0.25) is 0 Å². The van der Waals surface area contributed by atoms with E-state index in [4.69, 9.17) is 0 Å². The van der Waals surface area contributed by atoms with Crippen LogP contribution >= 0.6 is 0 Å². The summed E-state index contributed by atoms with van der Waals surface area (Å²) in [4.78, 5) is 7.21. The number of alkyl halides is 3. The standard InChI is InChI=1S/C20H22F3N3/c1-13(15-6-5-9-24-11-15)10-19(20(21,22)23)25-12-18-14(2)16-7-3-4-8-17(16)26-18/h3-9,11,13,19,25-26H,10,12H2,1-2H3. The van der Waals surface area contributed by atoms with Gasteiger partial charge in [-0.2, -0.15) is 13.2 Å². The Morgan fingerprint density at radius 2 is 1.92 bits per heavy atom. The fourth-order valence-electron chi connectivity index (χ4n) is 3.23. The Hall–Kier alpha value is -2.34. The summed E-state index contributed by atoms with van der Waals surface area (Å²) >= 11 is 0. The lowest BCUT2D eigenvalue weighted by Crippen LogP contribution is -2.42. The Labute approximate surface area is 150 Å². The molecule has 3 aromatic rings. The van der Waals surface area contributed by atoms with Crippen LogP contribution in [0.5, 0.6) is 0 Å². The maximum Gasteiger partial charge on any atom is 0.403 e. The van der Waals surface area contributed by atoms with Crippen molar-refractivity contribution in [3.63, 3.8) is 0 Å². The van der Waals surface area contributed by atoms with E-state index >= 15 is 0 Å². The van der Waals surface area contributed by atoms with Gasteiger partial charge in [-0.3, -0.25) is 4.98 Å². The van der Waals surface area contributed by atoms with Crippen LogP contribution in [0, 0.1) is 6.92 Å². The Bertz CT molecular complexity index is 856. The number of benzene rings is 1. The zero-order chi connectivity index (χ0) is 18.7. The van der Waals surface area contributed by atoms with Gasteiger partial charge in [0, 0.05) is 35.5 Å². The summed E-state index contributed by atoms with van der Waals surface area (Å²) in [7, 11) is 0. The van der Waals surface area contributed by atoms with E-state index in [9.17, 15) is 13.2 Å². The highest BCUT2D eigenvalue weighted by molar-refractivity contribution is 5.84. The Morgan fingerprint density at radius 1 is 1.15 bits per heavy atom. The number of aryl methyl sites for hydroxylation is 1. The summed E-state index contributed by atoms with van der Waals surface area (Å²) in [5.74, 6) is -0.244. The van der Waals surface area contributed by atoms with E-state index in [0.29, 0.717) is 0 Å². The summed E-state index contributed by atoms with van der Waals surface area (Å²) in [5, 5.41) is 3.74. The molecule has 0 spiro atoms. The molecule has 2 atom stereocenters. The first kappa shape index (κ1) is 18.5. The van der Waals surface area contributed by atoms with E-state index in [0.717, 1.165) is 27.7 Å². The van der Waals surface area contributed by atoms with Crippen LogP contribution in [-0.2, 0) is 6.54 Å². The van der Waals surface area contributed by atoms with Crippen LogP contribution in [-0.4, -0.2) is 22.2 Å². The molecule has 0 amide bonds. The van der Waals surface area contributed by atoms with Crippen molar-refractivity contribution in [2.24, 2.45) is 0 Å². The van der Waals surface area contributed by atoms with Gasteiger partial charge in [0.1, 0.15) is 6.04 Å². The predicted octanol–water partition coefficient (Wildman–Crippen LogP) is 5.09. The van der Waals surface area contributed by atoms with E-state index < -0.39 is 12.2 Å². The van der Waals surface area contributed by atoms with Crippen LogP contribution < -0.4 is 5.32 Å². The average molecular weight is 361 g/mol. The molecule has 26 heavy (non-hydrogen) atoms. The SMILES string of the molecule is Cc1c(CNC(CC(C)c2cccnc2)C(F)(F)F)[nH]c2ccccc12. The molecule has 1 aromatic carbocycles. The van der Waals surface area contributed by atoms with E-state index in [2.05, 4.69) is 15.3 Å². The highest BCUT2D eigenvalue weighted by Crippen LogP contribution is 2.30. The molecule has 138 valence electrons. The summed E-state index contributed by atoms with van der Waals surface area (Å²) < 4.78 is 40.5. The van der Waals surface area contributed by atoms with Crippen LogP contribution in [0.4, 0.5) is 13.2 Å². The van der Waals surface area contributed by atoms with Crippen molar-refractivity contribution in [3.8, 4) is 0 Å². The van der Waals surface area contributed by atoms with E-state index in [-0.39, 0.29) is 18.9 Å². The lowest BCUT2D eigenvalue weighted by atomic mass is 9.94. The molecular formula is C20H22F3N3. The molecule has 2 heterocycles. The largest absolute Gasteiger partial charge is 0.403 e. The minimum atomic E-state index is -4.31. The molecule has 0 fully saturated rings. The number of hydrogen-bond acceptors (Lipinski definition) is 2. The van der Waals surface area contributed by atoms with Crippen molar-refractivity contribution in [3.05, 3.63) is 65.6 Å². The molecule has 3 nitrogen and oxygen atoms in total. The van der Waals surface area contributed by atoms with Gasteiger partial charge >= 0.3 is 6.18 Å². The number of nitrogens with zero attached hydrogens (tertiary/aromatic N) is 1. The van der Waals surface area contributed by atoms with Crippen molar-refractivity contribution in [1.82, 2.24) is 15.3 Å². The van der Waals surface area contributed by atoms with Crippen LogP contribution in [0.25, 0.3) is 10.9 Å². The van der Waals surface area contributed by atoms with E-state index in [1.54, 1.807) is 25.4 Å². The first-order valence-electron chi connectivity index (χ1n) is 8.62. The first-order valence-corrected chi connectivity index (χ1v) is 8.62. The molecule has 0 saturated heterocycles. The molecule has 2 aromatic heterocycles. The molecule has 0 radical (unpaired) electrons. The van der Waals surface area contributed by atoms with Gasteiger partial charge in [-0.1, -0.05) is 31.2 Å². The summed E-state index contributed by atoms with van der Waals surface area (Å²) in [6.45, 7) is 3.87. The number of rotatable bonds is 6. The molecule has 2 N–H and O–H groups in total. The molecule has 0 aliphatic heterocycles. The molecule has 0 bridgehead atoms. The third kappa shape index (κ3) is 4.07. The number of aromatic amines is 1. The number of nitrogens with one attached hydrogen (secondary N) is 2. The molecule has 2 unspecified atom stereocenters. The minimum Gasteiger partial charge on any atom is -0.357 e. The second kappa shape index (κ2) is 7.50. The summed E-state index contributed by atoms with van der Waals surface area (Å²) in [6, 6.07) is 9.71. The van der Waals surface area contributed by atoms with Gasteiger partial charge in [-0.05, 0) is 42.5 Å². The van der Waals surface area contributed by atoms with E-state index in [1.807, 2.05) is 37.3 Å². The van der Waals surface area contributed by atoms with Crippen molar-refractivity contribution in [2.45, 2.75) is 44.9 Å². The van der Waals surface area contributed by atoms with Crippen LogP contribution in [0.3, 0.4) is 0 Å². The molecule has 0 saturated carbocycles. The normalized spacial score (nSPS) is 14.5. The monoisotopic (exact) mass is 361 g/mol. The third-order valence-corrected chi connectivity index (χ3v) is 4.83. The number of fused-ring (bicyclic) bond motifs is 1. The van der Waals surface area contributed by atoms with Gasteiger partial charge < -0.3 is 10.3 Å². The second-order valence-electron chi connectivity index (χ2n) is 6.67. The number of H-pyrrole nitrogens is 1. The zero-order valence-corrected chi connectivity index (χ0v) is 14.8. The van der Waals surface area contributed by atoms with Crippen molar-refractivity contribution < 1.29 is 13.2 Å². The highest BCUT2D eigenvalue weighted by atomic mass is 19.4. The fraction of sp³-hybridized carbons (Fsp3) is 0.350. The van der Waals surface area contributed by atoms with Crippen molar-refractivity contribution in [1.29, 1.82) is 0 Å². The van der Waals surface area contributed by atoms with Gasteiger partial charge in [-0.15, -0.1) is 0 Å². The number of aromatic nitrogens is 2. The van der Waals surface area contributed by atoms with Gasteiger partial charge in [0.25, 0.3) is 0 Å². The summed E-state index contributed by atoms with van der Waals surface area (Å²) in [6.07, 6.45) is -1.10. The molecular weight excluding hydrogens is 339 g/mol. The topological polar surface area (TPSA) is 40.7 Å². The highest BCUT2D eigenvalue weighted by Gasteiger charge is 2.40. The van der Waals surface area contributed by atoms with Crippen molar-refractivity contribution in [2.75, 3.05) is 0 Å². The lowest BCUT2D eigenvalue weighted by Gasteiger charge is -2.25. The van der Waals surface area contributed by atoms with Gasteiger partial charge in [0.05, 0.1) is 0 Å². The Balaban J connectivity index is 1.73. The Morgan fingerprint density at radius 3 is 2.58 bits per heavy atom. The fourth-order valence-corrected chi connectivity index (χ4v) is 3.23. The van der Waals surface area contributed by atoms with Gasteiger partial charge in [0.2, 0.25) is 0 Å². The maximum absolute atomic E-state index is 13.5. The van der Waals surface area contributed by atoms with Gasteiger partial charge in [-0.25, -0.2) is 0 Å².